The predicted molar refractivity (Wildman–Crippen MR) is 117 cm³/mol. The quantitative estimate of drug-likeness (QED) is 0.216. The highest BCUT2D eigenvalue weighted by molar-refractivity contribution is 14.0. The Hall–Kier alpha value is 0.110. The fourth-order valence-electron chi connectivity index (χ4n) is 3.16. The van der Waals surface area contributed by atoms with E-state index in [-0.39, 0.29) is 24.0 Å². The zero-order valence-electron chi connectivity index (χ0n) is 15.8. The highest BCUT2D eigenvalue weighted by Crippen LogP contribution is 2.28. The summed E-state index contributed by atoms with van der Waals surface area (Å²) in [6.45, 7) is 7.49. The van der Waals surface area contributed by atoms with E-state index in [1.807, 2.05) is 6.92 Å². The lowest BCUT2D eigenvalue weighted by atomic mass is 9.95. The molecule has 5 nitrogen and oxygen atoms in total. The van der Waals surface area contributed by atoms with Gasteiger partial charge in [-0.05, 0) is 51.4 Å². The van der Waals surface area contributed by atoms with Gasteiger partial charge in [0.1, 0.15) is 0 Å². The summed E-state index contributed by atoms with van der Waals surface area (Å²) in [4.78, 5) is 4.67. The standard InChI is InChI=1S/C18H35N3O2S.HI/c1-3-19-18(20-11-6-12-23-14-15-9-10-15)21-16-7-5-8-17(13-16)24(22)4-2;/h15-17H,3-14H2,1-2H3,(H2,19,20,21);1H. The van der Waals surface area contributed by atoms with E-state index >= 15 is 0 Å². The third-order valence-electron chi connectivity index (χ3n) is 4.73. The molecule has 0 aromatic rings. The largest absolute Gasteiger partial charge is 0.381 e. The summed E-state index contributed by atoms with van der Waals surface area (Å²) in [6.07, 6.45) is 8.06. The molecule has 0 aromatic heterocycles. The van der Waals surface area contributed by atoms with Crippen LogP contribution in [0.5, 0.6) is 0 Å². The fourth-order valence-corrected chi connectivity index (χ4v) is 4.50. The van der Waals surface area contributed by atoms with E-state index in [4.69, 9.17) is 4.74 Å². The Balaban J connectivity index is 0.00000312. The molecule has 148 valence electrons. The average molecular weight is 485 g/mol. The van der Waals surface area contributed by atoms with E-state index in [0.29, 0.717) is 11.3 Å². The highest BCUT2D eigenvalue weighted by Gasteiger charge is 2.26. The van der Waals surface area contributed by atoms with Gasteiger partial charge in [-0.15, -0.1) is 24.0 Å². The number of halogens is 1. The number of nitrogens with zero attached hydrogens (tertiary/aromatic N) is 1. The smallest absolute Gasteiger partial charge is 0.191 e. The van der Waals surface area contributed by atoms with Crippen molar-refractivity contribution >= 4 is 40.7 Å². The molecule has 0 aliphatic heterocycles. The highest BCUT2D eigenvalue weighted by atomic mass is 127. The maximum absolute atomic E-state index is 12.1. The second-order valence-electron chi connectivity index (χ2n) is 6.93. The maximum Gasteiger partial charge on any atom is 0.191 e. The molecule has 0 radical (unpaired) electrons. The molecule has 0 saturated heterocycles. The van der Waals surface area contributed by atoms with Crippen LogP contribution in [-0.4, -0.2) is 53.5 Å². The molecule has 2 fully saturated rings. The van der Waals surface area contributed by atoms with Crippen LogP contribution in [0, 0.1) is 5.92 Å². The van der Waals surface area contributed by atoms with Crippen molar-refractivity contribution in [3.8, 4) is 0 Å². The number of ether oxygens (including phenoxy) is 1. The van der Waals surface area contributed by atoms with Gasteiger partial charge in [-0.1, -0.05) is 13.3 Å². The van der Waals surface area contributed by atoms with Crippen LogP contribution < -0.4 is 10.6 Å². The van der Waals surface area contributed by atoms with Crippen LogP contribution in [0.15, 0.2) is 4.99 Å². The molecule has 2 saturated carbocycles. The molecule has 0 heterocycles. The van der Waals surface area contributed by atoms with Gasteiger partial charge >= 0.3 is 0 Å². The van der Waals surface area contributed by atoms with Crippen molar-refractivity contribution in [2.24, 2.45) is 10.9 Å². The van der Waals surface area contributed by atoms with E-state index in [2.05, 4.69) is 22.5 Å². The second kappa shape index (κ2) is 13.3. The monoisotopic (exact) mass is 485 g/mol. The Morgan fingerprint density at radius 2 is 2.04 bits per heavy atom. The number of hydrogen-bond acceptors (Lipinski definition) is 3. The van der Waals surface area contributed by atoms with Crippen molar-refractivity contribution in [2.75, 3.05) is 32.1 Å². The number of guanidine groups is 1. The van der Waals surface area contributed by atoms with Crippen molar-refractivity contribution in [2.45, 2.75) is 70.1 Å². The lowest BCUT2D eigenvalue weighted by Crippen LogP contribution is -2.46. The maximum atomic E-state index is 12.1. The lowest BCUT2D eigenvalue weighted by Gasteiger charge is -2.30. The second-order valence-corrected chi connectivity index (χ2v) is 8.94. The van der Waals surface area contributed by atoms with E-state index in [1.165, 1.54) is 12.8 Å². The van der Waals surface area contributed by atoms with Crippen LogP contribution in [0.4, 0.5) is 0 Å². The van der Waals surface area contributed by atoms with Gasteiger partial charge in [0, 0.05) is 54.1 Å². The van der Waals surface area contributed by atoms with Gasteiger partial charge in [0.25, 0.3) is 0 Å². The van der Waals surface area contributed by atoms with Crippen LogP contribution >= 0.6 is 24.0 Å². The topological polar surface area (TPSA) is 62.7 Å². The van der Waals surface area contributed by atoms with Gasteiger partial charge in [0.05, 0.1) is 0 Å². The molecule has 0 aromatic carbocycles. The van der Waals surface area contributed by atoms with Gasteiger partial charge in [0.15, 0.2) is 5.96 Å². The van der Waals surface area contributed by atoms with Crippen LogP contribution in [0.1, 0.15) is 58.8 Å². The molecule has 2 N–H and O–H groups in total. The summed E-state index contributed by atoms with van der Waals surface area (Å²) in [5, 5.41) is 7.23. The first-order chi connectivity index (χ1) is 11.7. The van der Waals surface area contributed by atoms with Gasteiger partial charge in [-0.3, -0.25) is 9.20 Å². The molecule has 3 atom stereocenters. The first-order valence-corrected chi connectivity index (χ1v) is 11.1. The minimum absolute atomic E-state index is 0. The van der Waals surface area contributed by atoms with E-state index in [1.54, 1.807) is 0 Å². The molecule has 2 aliphatic rings. The summed E-state index contributed by atoms with van der Waals surface area (Å²) in [6, 6.07) is 0.392. The Morgan fingerprint density at radius 3 is 2.72 bits per heavy atom. The third-order valence-corrected chi connectivity index (χ3v) is 6.48. The molecule has 2 rings (SSSR count). The minimum atomic E-state index is -0.678. The van der Waals surface area contributed by atoms with Gasteiger partial charge in [-0.25, -0.2) is 0 Å². The SMILES string of the molecule is CCNC(=NCCCOCC1CC1)NC1CCCC(S(=O)CC)C1.I. The van der Waals surface area contributed by atoms with Crippen LogP contribution in [0.2, 0.25) is 0 Å². The first kappa shape index (κ1) is 23.1. The summed E-state index contributed by atoms with van der Waals surface area (Å²) in [5.41, 5.74) is 0. The lowest BCUT2D eigenvalue weighted by molar-refractivity contribution is 0.123. The Labute approximate surface area is 173 Å². The molecule has 0 amide bonds. The number of aliphatic imine (C=N–C) groups is 1. The Bertz CT molecular complexity index is 419. The summed E-state index contributed by atoms with van der Waals surface area (Å²) in [7, 11) is -0.678. The Morgan fingerprint density at radius 1 is 1.24 bits per heavy atom. The van der Waals surface area contributed by atoms with Crippen molar-refractivity contribution < 1.29 is 8.95 Å². The molecular formula is C18H36IN3O2S. The van der Waals surface area contributed by atoms with Gasteiger partial charge in [0.2, 0.25) is 0 Å². The van der Waals surface area contributed by atoms with Gasteiger partial charge < -0.3 is 15.4 Å². The predicted octanol–water partition coefficient (Wildman–Crippen LogP) is 3.06. The zero-order valence-corrected chi connectivity index (χ0v) is 18.9. The molecule has 7 heteroatoms. The summed E-state index contributed by atoms with van der Waals surface area (Å²) >= 11 is 0. The van der Waals surface area contributed by atoms with Crippen LogP contribution in [0.3, 0.4) is 0 Å². The van der Waals surface area contributed by atoms with Crippen molar-refractivity contribution in [1.29, 1.82) is 0 Å². The molecular weight excluding hydrogens is 449 g/mol. The molecule has 3 unspecified atom stereocenters. The van der Waals surface area contributed by atoms with Crippen LogP contribution in [-0.2, 0) is 15.5 Å². The van der Waals surface area contributed by atoms with Crippen molar-refractivity contribution in [3.05, 3.63) is 0 Å². The average Bonchev–Trinajstić information content (AvgIpc) is 3.42. The van der Waals surface area contributed by atoms with Crippen molar-refractivity contribution in [3.63, 3.8) is 0 Å². The molecule has 0 bridgehead atoms. The van der Waals surface area contributed by atoms with Crippen LogP contribution in [0.25, 0.3) is 0 Å². The number of hydrogen-bond donors (Lipinski definition) is 2. The molecule has 25 heavy (non-hydrogen) atoms. The first-order valence-electron chi connectivity index (χ1n) is 9.72. The molecule has 0 spiro atoms. The fraction of sp³-hybridized carbons (Fsp3) is 0.944. The number of rotatable bonds is 10. The normalized spacial score (nSPS) is 25.1. The van der Waals surface area contributed by atoms with Gasteiger partial charge in [-0.2, -0.15) is 0 Å². The van der Waals surface area contributed by atoms with E-state index < -0.39 is 10.8 Å². The van der Waals surface area contributed by atoms with Crippen molar-refractivity contribution in [1.82, 2.24) is 10.6 Å². The summed E-state index contributed by atoms with van der Waals surface area (Å²) < 4.78 is 17.7. The van der Waals surface area contributed by atoms with E-state index in [0.717, 1.165) is 76.0 Å². The van der Waals surface area contributed by atoms with E-state index in [9.17, 15) is 4.21 Å². The third kappa shape index (κ3) is 9.56. The minimum Gasteiger partial charge on any atom is -0.381 e. The zero-order chi connectivity index (χ0) is 17.2. The Kier molecular flexibility index (Phi) is 12.3. The number of nitrogens with one attached hydrogen (secondary N) is 2. The molecule has 2 aliphatic carbocycles. The summed E-state index contributed by atoms with van der Waals surface area (Å²) in [5.74, 6) is 2.50.